The number of nitrogens with two attached hydrogens (primary N) is 1. The van der Waals surface area contributed by atoms with E-state index in [1.807, 2.05) is 12.3 Å². The molecule has 1 rings (SSSR count). The van der Waals surface area contributed by atoms with Crippen molar-refractivity contribution in [1.82, 2.24) is 4.98 Å². The number of amides is 1. The Balaban J connectivity index is 2.43. The van der Waals surface area contributed by atoms with Gasteiger partial charge in [0.1, 0.15) is 0 Å². The van der Waals surface area contributed by atoms with E-state index in [0.29, 0.717) is 24.0 Å². The van der Waals surface area contributed by atoms with Gasteiger partial charge in [-0.2, -0.15) is 0 Å². The maximum absolute atomic E-state index is 11.9. The van der Waals surface area contributed by atoms with Crippen LogP contribution in [0.1, 0.15) is 45.7 Å². The van der Waals surface area contributed by atoms with Crippen LogP contribution in [0.25, 0.3) is 0 Å². The Bertz CT molecular complexity index is 409. The average molecular weight is 283 g/mol. The molecular weight excluding hydrogens is 258 g/mol. The fourth-order valence-electron chi connectivity index (χ4n) is 2.11. The van der Waals surface area contributed by atoms with Crippen LogP contribution in [-0.2, 0) is 4.79 Å². The summed E-state index contributed by atoms with van der Waals surface area (Å²) in [6.45, 7) is 9.21. The van der Waals surface area contributed by atoms with Gasteiger partial charge in [0.25, 0.3) is 0 Å². The number of thiazole rings is 1. The summed E-state index contributed by atoms with van der Waals surface area (Å²) in [6, 6.07) is 0. The molecular formula is C14H25N3OS. The molecule has 1 amide bonds. The van der Waals surface area contributed by atoms with E-state index >= 15 is 0 Å². The summed E-state index contributed by atoms with van der Waals surface area (Å²) in [5.74, 6) is 0.516. The van der Waals surface area contributed by atoms with Gasteiger partial charge in [0.15, 0.2) is 5.13 Å². The minimum atomic E-state index is 0.0422. The van der Waals surface area contributed by atoms with Crippen LogP contribution in [0.3, 0.4) is 0 Å². The highest BCUT2D eigenvalue weighted by molar-refractivity contribution is 7.13. The van der Waals surface area contributed by atoms with Crippen LogP contribution in [0.15, 0.2) is 5.38 Å². The van der Waals surface area contributed by atoms with E-state index in [1.165, 1.54) is 11.3 Å². The Morgan fingerprint density at radius 3 is 2.63 bits per heavy atom. The van der Waals surface area contributed by atoms with Crippen molar-refractivity contribution in [2.45, 2.75) is 47.0 Å². The number of nitrogens with zero attached hydrogens (tertiary/aromatic N) is 1. The normalized spacial score (nSPS) is 13.3. The molecule has 0 saturated heterocycles. The van der Waals surface area contributed by atoms with Crippen LogP contribution >= 0.6 is 11.3 Å². The largest absolute Gasteiger partial charge is 0.330 e. The molecule has 1 atom stereocenters. The number of hydrogen-bond acceptors (Lipinski definition) is 4. The van der Waals surface area contributed by atoms with Crippen molar-refractivity contribution in [2.75, 3.05) is 11.9 Å². The van der Waals surface area contributed by atoms with Crippen molar-refractivity contribution >= 4 is 22.4 Å². The molecule has 0 spiro atoms. The highest BCUT2D eigenvalue weighted by Crippen LogP contribution is 2.32. The van der Waals surface area contributed by atoms with Gasteiger partial charge in [0, 0.05) is 11.8 Å². The molecule has 1 aromatic heterocycles. The third kappa shape index (κ3) is 5.70. The first-order valence-corrected chi connectivity index (χ1v) is 7.63. The second kappa shape index (κ2) is 7.01. The number of aryl methyl sites for hydroxylation is 1. The van der Waals surface area contributed by atoms with E-state index in [2.05, 4.69) is 31.1 Å². The predicted octanol–water partition coefficient (Wildman–Crippen LogP) is 3.18. The van der Waals surface area contributed by atoms with E-state index in [-0.39, 0.29) is 11.3 Å². The van der Waals surface area contributed by atoms with Gasteiger partial charge in [-0.15, -0.1) is 11.3 Å². The van der Waals surface area contributed by atoms with Crippen LogP contribution in [0, 0.1) is 18.3 Å². The van der Waals surface area contributed by atoms with Crippen molar-refractivity contribution in [3.63, 3.8) is 0 Å². The molecule has 0 fully saturated rings. The Hall–Kier alpha value is -0.940. The first-order valence-electron chi connectivity index (χ1n) is 6.75. The molecule has 0 radical (unpaired) electrons. The fourth-order valence-corrected chi connectivity index (χ4v) is 2.81. The number of aromatic nitrogens is 1. The number of rotatable bonds is 6. The van der Waals surface area contributed by atoms with Gasteiger partial charge >= 0.3 is 0 Å². The standard InChI is InChI=1S/C14H25N3OS/c1-10-9-19-13(16-10)17-12(18)6-5-11(7-8-15)14(2,3)4/h9,11H,5-8,15H2,1-4H3,(H,16,17,18). The molecule has 4 nitrogen and oxygen atoms in total. The van der Waals surface area contributed by atoms with Gasteiger partial charge in [-0.3, -0.25) is 4.79 Å². The van der Waals surface area contributed by atoms with Gasteiger partial charge in [-0.1, -0.05) is 20.8 Å². The monoisotopic (exact) mass is 283 g/mol. The third-order valence-electron chi connectivity index (χ3n) is 3.33. The number of hydrogen-bond donors (Lipinski definition) is 2. The van der Waals surface area contributed by atoms with Crippen molar-refractivity contribution in [2.24, 2.45) is 17.1 Å². The van der Waals surface area contributed by atoms with Gasteiger partial charge in [-0.05, 0) is 37.6 Å². The molecule has 1 aromatic rings. The SMILES string of the molecule is Cc1csc(NC(=O)CCC(CCN)C(C)(C)C)n1. The highest BCUT2D eigenvalue weighted by Gasteiger charge is 2.24. The molecule has 3 N–H and O–H groups in total. The van der Waals surface area contributed by atoms with E-state index in [0.717, 1.165) is 18.5 Å². The Kier molecular flexibility index (Phi) is 5.94. The van der Waals surface area contributed by atoms with Crippen molar-refractivity contribution in [1.29, 1.82) is 0 Å². The maximum Gasteiger partial charge on any atom is 0.226 e. The predicted molar refractivity (Wildman–Crippen MR) is 81.3 cm³/mol. The fraction of sp³-hybridized carbons (Fsp3) is 0.714. The molecule has 1 unspecified atom stereocenters. The maximum atomic E-state index is 11.9. The highest BCUT2D eigenvalue weighted by atomic mass is 32.1. The van der Waals surface area contributed by atoms with Gasteiger partial charge in [-0.25, -0.2) is 4.98 Å². The minimum Gasteiger partial charge on any atom is -0.330 e. The van der Waals surface area contributed by atoms with Crippen LogP contribution in [0.5, 0.6) is 0 Å². The lowest BCUT2D eigenvalue weighted by molar-refractivity contribution is -0.116. The first-order chi connectivity index (χ1) is 8.82. The van der Waals surface area contributed by atoms with Crippen LogP contribution in [0.4, 0.5) is 5.13 Å². The van der Waals surface area contributed by atoms with Gasteiger partial charge in [0.2, 0.25) is 5.91 Å². The van der Waals surface area contributed by atoms with Crippen molar-refractivity contribution in [3.05, 3.63) is 11.1 Å². The smallest absolute Gasteiger partial charge is 0.226 e. The summed E-state index contributed by atoms with van der Waals surface area (Å²) in [4.78, 5) is 16.1. The zero-order valence-electron chi connectivity index (χ0n) is 12.3. The molecule has 1 heterocycles. The molecule has 5 heteroatoms. The van der Waals surface area contributed by atoms with E-state index in [4.69, 9.17) is 5.73 Å². The topological polar surface area (TPSA) is 68.0 Å². The van der Waals surface area contributed by atoms with E-state index in [1.54, 1.807) is 0 Å². The minimum absolute atomic E-state index is 0.0422. The summed E-state index contributed by atoms with van der Waals surface area (Å²) in [5, 5.41) is 5.47. The molecule has 0 aliphatic heterocycles. The lowest BCUT2D eigenvalue weighted by Gasteiger charge is -2.30. The van der Waals surface area contributed by atoms with Crippen LogP contribution < -0.4 is 11.1 Å². The Morgan fingerprint density at radius 1 is 1.47 bits per heavy atom. The molecule has 19 heavy (non-hydrogen) atoms. The Labute approximate surface area is 119 Å². The summed E-state index contributed by atoms with van der Waals surface area (Å²) >= 11 is 1.46. The average Bonchev–Trinajstić information content (AvgIpc) is 2.68. The summed E-state index contributed by atoms with van der Waals surface area (Å²) in [7, 11) is 0. The second-order valence-electron chi connectivity index (χ2n) is 6.02. The molecule has 0 aromatic carbocycles. The molecule has 0 bridgehead atoms. The molecule has 0 aliphatic rings. The number of carbonyl (C=O) groups is 1. The van der Waals surface area contributed by atoms with E-state index < -0.39 is 0 Å². The number of nitrogens with one attached hydrogen (secondary N) is 1. The zero-order valence-corrected chi connectivity index (χ0v) is 13.1. The van der Waals surface area contributed by atoms with E-state index in [9.17, 15) is 4.79 Å². The number of anilines is 1. The van der Waals surface area contributed by atoms with Gasteiger partial charge in [0.05, 0.1) is 5.69 Å². The quantitative estimate of drug-likeness (QED) is 0.842. The third-order valence-corrected chi connectivity index (χ3v) is 4.20. The number of carbonyl (C=O) groups excluding carboxylic acids is 1. The van der Waals surface area contributed by atoms with Crippen LogP contribution in [-0.4, -0.2) is 17.4 Å². The lowest BCUT2D eigenvalue weighted by Crippen LogP contribution is -2.25. The summed E-state index contributed by atoms with van der Waals surface area (Å²) in [5.41, 5.74) is 6.78. The summed E-state index contributed by atoms with van der Waals surface area (Å²) < 4.78 is 0. The first kappa shape index (κ1) is 16.1. The molecule has 0 aliphatic carbocycles. The summed E-state index contributed by atoms with van der Waals surface area (Å²) in [6.07, 6.45) is 2.37. The zero-order chi connectivity index (χ0) is 14.5. The van der Waals surface area contributed by atoms with Crippen molar-refractivity contribution < 1.29 is 4.79 Å². The van der Waals surface area contributed by atoms with Crippen molar-refractivity contribution in [3.8, 4) is 0 Å². The lowest BCUT2D eigenvalue weighted by atomic mass is 9.76. The Morgan fingerprint density at radius 2 is 2.16 bits per heavy atom. The molecule has 108 valence electrons. The van der Waals surface area contributed by atoms with Crippen LogP contribution in [0.2, 0.25) is 0 Å². The second-order valence-corrected chi connectivity index (χ2v) is 6.88. The van der Waals surface area contributed by atoms with Gasteiger partial charge < -0.3 is 11.1 Å². The molecule has 0 saturated carbocycles.